The minimum Gasteiger partial charge on any atom is -0.351 e. The quantitative estimate of drug-likeness (QED) is 0.681. The predicted octanol–water partition coefficient (Wildman–Crippen LogP) is 1.93. The zero-order valence-corrected chi connectivity index (χ0v) is 18.7. The first-order chi connectivity index (χ1) is 15.6. The van der Waals surface area contributed by atoms with Gasteiger partial charge in [-0.1, -0.05) is 12.1 Å². The van der Waals surface area contributed by atoms with E-state index in [4.69, 9.17) is 0 Å². The molecule has 0 aliphatic carbocycles. The first kappa shape index (κ1) is 22.2. The van der Waals surface area contributed by atoms with Gasteiger partial charge in [-0.3, -0.25) is 14.5 Å². The van der Waals surface area contributed by atoms with Crippen LogP contribution in [0.15, 0.2) is 42.6 Å². The van der Waals surface area contributed by atoms with Gasteiger partial charge < -0.3 is 15.1 Å². The number of rotatable bonds is 8. The number of likely N-dealkylation sites (N-methyl/N-ethyl adjacent to an activating group) is 1. The number of carbonyl (C=O) groups excluding carboxylic acids is 2. The van der Waals surface area contributed by atoms with E-state index in [-0.39, 0.29) is 11.8 Å². The molecule has 2 fully saturated rings. The monoisotopic (exact) mass is 436 g/mol. The third-order valence-corrected chi connectivity index (χ3v) is 6.25. The van der Waals surface area contributed by atoms with Gasteiger partial charge >= 0.3 is 0 Å². The number of benzene rings is 1. The van der Waals surface area contributed by atoms with Gasteiger partial charge in [-0.2, -0.15) is 5.10 Å². The van der Waals surface area contributed by atoms with Crippen LogP contribution in [0, 0.1) is 0 Å². The summed E-state index contributed by atoms with van der Waals surface area (Å²) >= 11 is 0. The predicted molar refractivity (Wildman–Crippen MR) is 123 cm³/mol. The summed E-state index contributed by atoms with van der Waals surface area (Å²) in [6.07, 6.45) is 6.07. The smallest absolute Gasteiger partial charge is 0.253 e. The molecule has 0 saturated carbocycles. The number of aromatic nitrogens is 2. The van der Waals surface area contributed by atoms with E-state index < -0.39 is 0 Å². The highest BCUT2D eigenvalue weighted by molar-refractivity contribution is 5.94. The van der Waals surface area contributed by atoms with Gasteiger partial charge in [0.15, 0.2) is 5.82 Å². The van der Waals surface area contributed by atoms with E-state index in [1.165, 1.54) is 0 Å². The van der Waals surface area contributed by atoms with Gasteiger partial charge in [-0.25, -0.2) is 0 Å². The molecule has 1 unspecified atom stereocenters. The Balaban J connectivity index is 1.22. The zero-order valence-electron chi connectivity index (χ0n) is 18.7. The minimum absolute atomic E-state index is 0.00577. The topological polar surface area (TPSA) is 81.7 Å². The van der Waals surface area contributed by atoms with Gasteiger partial charge in [0.1, 0.15) is 0 Å². The fraction of sp³-hybridized carbons (Fsp3) is 0.500. The van der Waals surface area contributed by atoms with Crippen molar-refractivity contribution < 1.29 is 9.59 Å². The average molecular weight is 437 g/mol. The lowest BCUT2D eigenvalue weighted by Crippen LogP contribution is -2.43. The largest absolute Gasteiger partial charge is 0.351 e. The van der Waals surface area contributed by atoms with Crippen LogP contribution in [0.5, 0.6) is 0 Å². The standard InChI is InChI=1S/C24H32N6O2/c1-28(17-21-6-5-15-30(21)22-7-4-12-26-27-22)18-23(31)25-16-19-8-10-20(11-9-19)24(32)29-13-2-3-14-29/h4,7-12,21H,2-3,5-6,13-18H2,1H3,(H,25,31). The van der Waals surface area contributed by atoms with Crippen molar-refractivity contribution in [2.45, 2.75) is 38.3 Å². The SMILES string of the molecule is CN(CC(=O)NCc1ccc(C(=O)N2CCCC2)cc1)CC1CCCN1c1cccnn1. The molecular weight excluding hydrogens is 404 g/mol. The second kappa shape index (κ2) is 10.5. The first-order valence-corrected chi connectivity index (χ1v) is 11.5. The maximum Gasteiger partial charge on any atom is 0.253 e. The maximum absolute atomic E-state index is 12.5. The fourth-order valence-electron chi connectivity index (χ4n) is 4.57. The highest BCUT2D eigenvalue weighted by atomic mass is 16.2. The molecule has 1 N–H and O–H groups in total. The van der Waals surface area contributed by atoms with E-state index in [2.05, 4.69) is 25.3 Å². The maximum atomic E-state index is 12.5. The summed E-state index contributed by atoms with van der Waals surface area (Å²) in [5.74, 6) is 0.996. The van der Waals surface area contributed by atoms with Crippen molar-refractivity contribution in [3.63, 3.8) is 0 Å². The molecular formula is C24H32N6O2. The lowest BCUT2D eigenvalue weighted by Gasteiger charge is -2.28. The molecule has 3 heterocycles. The second-order valence-corrected chi connectivity index (χ2v) is 8.74. The second-order valence-electron chi connectivity index (χ2n) is 8.74. The summed E-state index contributed by atoms with van der Waals surface area (Å²) in [6, 6.07) is 11.8. The van der Waals surface area contributed by atoms with Gasteiger partial charge in [-0.15, -0.1) is 5.10 Å². The van der Waals surface area contributed by atoms with Crippen LogP contribution in [0.2, 0.25) is 0 Å². The summed E-state index contributed by atoms with van der Waals surface area (Å²) in [5.41, 5.74) is 1.70. The van der Waals surface area contributed by atoms with Crippen LogP contribution in [-0.2, 0) is 11.3 Å². The van der Waals surface area contributed by atoms with E-state index in [1.807, 2.05) is 48.3 Å². The molecule has 2 saturated heterocycles. The van der Waals surface area contributed by atoms with Crippen molar-refractivity contribution >= 4 is 17.6 Å². The van der Waals surface area contributed by atoms with Gasteiger partial charge in [0.25, 0.3) is 5.91 Å². The normalized spacial score (nSPS) is 18.4. The summed E-state index contributed by atoms with van der Waals surface area (Å²) < 4.78 is 0. The molecule has 2 aliphatic rings. The van der Waals surface area contributed by atoms with Crippen LogP contribution >= 0.6 is 0 Å². The average Bonchev–Trinajstić information content (AvgIpc) is 3.50. The molecule has 8 nitrogen and oxygen atoms in total. The number of hydrogen-bond acceptors (Lipinski definition) is 6. The summed E-state index contributed by atoms with van der Waals surface area (Å²) in [5, 5.41) is 11.2. The minimum atomic E-state index is -0.00577. The van der Waals surface area contributed by atoms with Crippen LogP contribution in [0.3, 0.4) is 0 Å². The lowest BCUT2D eigenvalue weighted by atomic mass is 10.1. The van der Waals surface area contributed by atoms with Crippen molar-refractivity contribution in [2.24, 2.45) is 0 Å². The molecule has 170 valence electrons. The molecule has 0 spiro atoms. The van der Waals surface area contributed by atoms with E-state index in [1.54, 1.807) is 6.20 Å². The van der Waals surface area contributed by atoms with E-state index >= 15 is 0 Å². The van der Waals surface area contributed by atoms with Crippen LogP contribution in [-0.4, -0.2) is 77.6 Å². The first-order valence-electron chi connectivity index (χ1n) is 11.5. The summed E-state index contributed by atoms with van der Waals surface area (Å²) in [4.78, 5) is 31.1. The molecule has 1 atom stereocenters. The molecule has 4 rings (SSSR count). The van der Waals surface area contributed by atoms with Gasteiger partial charge in [0.05, 0.1) is 6.54 Å². The third kappa shape index (κ3) is 5.62. The van der Waals surface area contributed by atoms with Crippen molar-refractivity contribution in [3.05, 3.63) is 53.7 Å². The number of anilines is 1. The highest BCUT2D eigenvalue weighted by Gasteiger charge is 2.27. The Kier molecular flexibility index (Phi) is 7.32. The Hall–Kier alpha value is -3.00. The number of hydrogen-bond donors (Lipinski definition) is 1. The van der Waals surface area contributed by atoms with Gasteiger partial charge in [0, 0.05) is 50.5 Å². The van der Waals surface area contributed by atoms with E-state index in [9.17, 15) is 9.59 Å². The number of amides is 2. The Morgan fingerprint density at radius 3 is 2.59 bits per heavy atom. The molecule has 1 aromatic carbocycles. The van der Waals surface area contributed by atoms with Crippen LogP contribution in [0.1, 0.15) is 41.6 Å². The summed E-state index contributed by atoms with van der Waals surface area (Å²) in [6.45, 7) is 4.27. The third-order valence-electron chi connectivity index (χ3n) is 6.25. The van der Waals surface area contributed by atoms with Gasteiger partial charge in [0.2, 0.25) is 5.91 Å². The Morgan fingerprint density at radius 1 is 1.09 bits per heavy atom. The van der Waals surface area contributed by atoms with Crippen LogP contribution in [0.25, 0.3) is 0 Å². The number of nitrogens with one attached hydrogen (secondary N) is 1. The lowest BCUT2D eigenvalue weighted by molar-refractivity contribution is -0.122. The highest BCUT2D eigenvalue weighted by Crippen LogP contribution is 2.23. The Morgan fingerprint density at radius 2 is 1.88 bits per heavy atom. The number of likely N-dealkylation sites (tertiary alicyclic amines) is 1. The van der Waals surface area contributed by atoms with E-state index in [0.29, 0.717) is 24.7 Å². The molecule has 0 radical (unpaired) electrons. The van der Waals surface area contributed by atoms with Crippen LogP contribution < -0.4 is 10.2 Å². The van der Waals surface area contributed by atoms with Crippen LogP contribution in [0.4, 0.5) is 5.82 Å². The zero-order chi connectivity index (χ0) is 22.3. The fourth-order valence-corrected chi connectivity index (χ4v) is 4.57. The van der Waals surface area contributed by atoms with Crippen molar-refractivity contribution in [2.75, 3.05) is 44.7 Å². The van der Waals surface area contributed by atoms with Gasteiger partial charge in [-0.05, 0) is 62.6 Å². The molecule has 8 heteroatoms. The van der Waals surface area contributed by atoms with E-state index in [0.717, 1.165) is 63.2 Å². The number of carbonyl (C=O) groups is 2. The Bertz CT molecular complexity index is 898. The van der Waals surface area contributed by atoms with Crippen molar-refractivity contribution in [1.29, 1.82) is 0 Å². The Labute approximate surface area is 189 Å². The summed E-state index contributed by atoms with van der Waals surface area (Å²) in [7, 11) is 1.98. The molecule has 32 heavy (non-hydrogen) atoms. The van der Waals surface area contributed by atoms with Crippen molar-refractivity contribution in [1.82, 2.24) is 25.3 Å². The molecule has 2 aromatic rings. The molecule has 2 amide bonds. The molecule has 2 aliphatic heterocycles. The number of nitrogens with zero attached hydrogens (tertiary/aromatic N) is 5. The molecule has 1 aromatic heterocycles. The molecule has 0 bridgehead atoms. The van der Waals surface area contributed by atoms with Crippen molar-refractivity contribution in [3.8, 4) is 0 Å².